The molecule has 0 radical (unpaired) electrons. The highest BCUT2D eigenvalue weighted by Crippen LogP contribution is 2.32. The van der Waals surface area contributed by atoms with Crippen molar-refractivity contribution in [2.24, 2.45) is 5.73 Å². The van der Waals surface area contributed by atoms with E-state index in [-0.39, 0.29) is 5.92 Å². The van der Waals surface area contributed by atoms with Gasteiger partial charge in [-0.1, -0.05) is 109 Å². The topological polar surface area (TPSA) is 93.8 Å². The third kappa shape index (κ3) is 9.54. The molecule has 0 spiro atoms. The first-order valence-corrected chi connectivity index (χ1v) is 15.3. The molecule has 0 saturated carbocycles. The Morgan fingerprint density at radius 3 is 1.89 bits per heavy atom. The molecule has 0 aliphatic rings. The van der Waals surface area contributed by atoms with Gasteiger partial charge in [-0.3, -0.25) is 4.79 Å². The Labute approximate surface area is 265 Å². The number of rotatable bonds is 16. The Morgan fingerprint density at radius 1 is 0.667 bits per heavy atom. The van der Waals surface area contributed by atoms with Gasteiger partial charge in [-0.25, -0.2) is 0 Å². The largest absolute Gasteiger partial charge is 0.485 e. The average Bonchev–Trinajstić information content (AvgIpc) is 3.09. The SMILES string of the molecule is NC(=O)c1cccc(C(CCNCC(O)c2ccc(OCc3ccccc3)c(OCc3ccccc3)c2)Cc2ccccc2)c1. The molecule has 0 bridgehead atoms. The highest BCUT2D eigenvalue weighted by atomic mass is 16.5. The highest BCUT2D eigenvalue weighted by molar-refractivity contribution is 5.92. The summed E-state index contributed by atoms with van der Waals surface area (Å²) in [6, 6.07) is 43.5. The van der Waals surface area contributed by atoms with Gasteiger partial charge in [-0.15, -0.1) is 0 Å². The lowest BCUT2D eigenvalue weighted by atomic mass is 9.88. The summed E-state index contributed by atoms with van der Waals surface area (Å²) < 4.78 is 12.3. The molecule has 0 aliphatic heterocycles. The van der Waals surface area contributed by atoms with E-state index in [1.807, 2.05) is 115 Å². The first-order chi connectivity index (χ1) is 22.0. The second-order valence-electron chi connectivity index (χ2n) is 11.1. The molecule has 6 nitrogen and oxygen atoms in total. The van der Waals surface area contributed by atoms with Crippen LogP contribution >= 0.6 is 0 Å². The smallest absolute Gasteiger partial charge is 0.248 e. The minimum absolute atomic E-state index is 0.176. The molecule has 5 rings (SSSR count). The number of hydrogen-bond acceptors (Lipinski definition) is 5. The first kappa shape index (κ1) is 31.5. The number of hydrogen-bond donors (Lipinski definition) is 3. The van der Waals surface area contributed by atoms with Crippen LogP contribution in [0, 0.1) is 0 Å². The van der Waals surface area contributed by atoms with Gasteiger partial charge in [0.1, 0.15) is 13.2 Å². The predicted molar refractivity (Wildman–Crippen MR) is 178 cm³/mol. The molecule has 0 saturated heterocycles. The van der Waals surface area contributed by atoms with Gasteiger partial charge in [-0.05, 0) is 77.4 Å². The van der Waals surface area contributed by atoms with Gasteiger partial charge >= 0.3 is 0 Å². The summed E-state index contributed by atoms with van der Waals surface area (Å²) in [4.78, 5) is 11.8. The van der Waals surface area contributed by atoms with Crippen LogP contribution in [-0.4, -0.2) is 24.1 Å². The lowest BCUT2D eigenvalue weighted by Crippen LogP contribution is -2.24. The van der Waals surface area contributed by atoms with Crippen LogP contribution in [0.15, 0.2) is 133 Å². The van der Waals surface area contributed by atoms with E-state index in [9.17, 15) is 9.90 Å². The zero-order chi connectivity index (χ0) is 31.3. The number of carbonyl (C=O) groups excluding carboxylic acids is 1. The number of aliphatic hydroxyl groups is 1. The van der Waals surface area contributed by atoms with Gasteiger partial charge in [0.2, 0.25) is 5.91 Å². The molecule has 5 aromatic rings. The van der Waals surface area contributed by atoms with Gasteiger partial charge in [-0.2, -0.15) is 0 Å². The predicted octanol–water partition coefficient (Wildman–Crippen LogP) is 6.98. The second-order valence-corrected chi connectivity index (χ2v) is 11.1. The molecule has 2 atom stereocenters. The molecule has 2 unspecified atom stereocenters. The van der Waals surface area contributed by atoms with Crippen molar-refractivity contribution in [3.05, 3.63) is 167 Å². The van der Waals surface area contributed by atoms with Crippen molar-refractivity contribution >= 4 is 5.91 Å². The number of ether oxygens (including phenoxy) is 2. The van der Waals surface area contributed by atoms with Crippen LogP contribution < -0.4 is 20.5 Å². The molecule has 5 aromatic carbocycles. The van der Waals surface area contributed by atoms with Crippen molar-refractivity contribution in [3.8, 4) is 11.5 Å². The fraction of sp³-hybridized carbons (Fsp3) is 0.205. The standard InChI is InChI=1S/C39H40N2O4/c40-39(43)35-18-10-17-32(24-35)33(23-29-11-4-1-5-12-29)21-22-41-26-36(42)34-19-20-37(44-27-30-13-6-2-7-14-30)38(25-34)45-28-31-15-8-3-9-16-31/h1-20,24-25,33,36,41-42H,21-23,26-28H2,(H2,40,43). The van der Waals surface area contributed by atoms with Crippen molar-refractivity contribution in [2.45, 2.75) is 38.1 Å². The molecule has 1 amide bonds. The van der Waals surface area contributed by atoms with E-state index in [0.717, 1.165) is 35.1 Å². The van der Waals surface area contributed by atoms with Crippen molar-refractivity contribution in [2.75, 3.05) is 13.1 Å². The number of aliphatic hydroxyl groups excluding tert-OH is 1. The first-order valence-electron chi connectivity index (χ1n) is 15.3. The molecule has 0 aromatic heterocycles. The summed E-state index contributed by atoms with van der Waals surface area (Å²) in [7, 11) is 0. The molecule has 230 valence electrons. The molecule has 0 fully saturated rings. The molecule has 45 heavy (non-hydrogen) atoms. The molecule has 0 aliphatic carbocycles. The van der Waals surface area contributed by atoms with E-state index >= 15 is 0 Å². The third-order valence-corrected chi connectivity index (χ3v) is 7.80. The zero-order valence-corrected chi connectivity index (χ0v) is 25.3. The van der Waals surface area contributed by atoms with Gasteiger partial charge in [0.05, 0.1) is 6.10 Å². The summed E-state index contributed by atoms with van der Waals surface area (Å²) in [5, 5.41) is 14.6. The third-order valence-electron chi connectivity index (χ3n) is 7.80. The van der Waals surface area contributed by atoms with E-state index in [1.165, 1.54) is 5.56 Å². The number of nitrogens with two attached hydrogens (primary N) is 1. The van der Waals surface area contributed by atoms with E-state index in [4.69, 9.17) is 15.2 Å². The normalized spacial score (nSPS) is 12.3. The molecule has 6 heteroatoms. The lowest BCUT2D eigenvalue weighted by Gasteiger charge is -2.20. The van der Waals surface area contributed by atoms with Crippen LogP contribution in [0.25, 0.3) is 0 Å². The summed E-state index contributed by atoms with van der Waals surface area (Å²) in [6.07, 6.45) is 0.916. The summed E-state index contributed by atoms with van der Waals surface area (Å²) in [5.41, 5.74) is 11.2. The molecule has 0 heterocycles. The van der Waals surface area contributed by atoms with Crippen LogP contribution in [0.5, 0.6) is 11.5 Å². The maximum absolute atomic E-state index is 11.8. The van der Waals surface area contributed by atoms with Crippen molar-refractivity contribution in [3.63, 3.8) is 0 Å². The minimum atomic E-state index is -0.738. The number of carbonyl (C=O) groups is 1. The second kappa shape index (κ2) is 16.2. The van der Waals surface area contributed by atoms with Crippen molar-refractivity contribution in [1.29, 1.82) is 0 Å². The average molecular weight is 601 g/mol. The molecular weight excluding hydrogens is 560 g/mol. The number of nitrogens with one attached hydrogen (secondary N) is 1. The summed E-state index contributed by atoms with van der Waals surface area (Å²) in [6.45, 7) is 1.87. The van der Waals surface area contributed by atoms with Crippen LogP contribution in [0.1, 0.15) is 56.6 Å². The fourth-order valence-corrected chi connectivity index (χ4v) is 5.30. The monoisotopic (exact) mass is 600 g/mol. The van der Waals surface area contributed by atoms with E-state index in [2.05, 4.69) is 17.4 Å². The summed E-state index contributed by atoms with van der Waals surface area (Å²) >= 11 is 0. The van der Waals surface area contributed by atoms with E-state index < -0.39 is 12.0 Å². The van der Waals surface area contributed by atoms with Crippen molar-refractivity contribution < 1.29 is 19.4 Å². The van der Waals surface area contributed by atoms with Gasteiger partial charge < -0.3 is 25.6 Å². The van der Waals surface area contributed by atoms with Crippen molar-refractivity contribution in [1.82, 2.24) is 5.32 Å². The van der Waals surface area contributed by atoms with Crippen LogP contribution in [0.4, 0.5) is 0 Å². The van der Waals surface area contributed by atoms with Crippen LogP contribution in [0.3, 0.4) is 0 Å². The zero-order valence-electron chi connectivity index (χ0n) is 25.3. The Hall–Kier alpha value is -4.91. The Kier molecular flexibility index (Phi) is 11.4. The highest BCUT2D eigenvalue weighted by Gasteiger charge is 2.16. The van der Waals surface area contributed by atoms with E-state index in [1.54, 1.807) is 6.07 Å². The number of primary amides is 1. The molecular formula is C39H40N2O4. The maximum Gasteiger partial charge on any atom is 0.248 e. The quantitative estimate of drug-likeness (QED) is 0.106. The van der Waals surface area contributed by atoms with E-state index in [0.29, 0.717) is 43.4 Å². The Bertz CT molecular complexity index is 1630. The fourth-order valence-electron chi connectivity index (χ4n) is 5.30. The minimum Gasteiger partial charge on any atom is -0.485 e. The van der Waals surface area contributed by atoms with Gasteiger partial charge in [0, 0.05) is 12.1 Å². The summed E-state index contributed by atoms with van der Waals surface area (Å²) in [5.74, 6) is 0.958. The number of amides is 1. The number of benzene rings is 5. The lowest BCUT2D eigenvalue weighted by molar-refractivity contribution is 0.1000. The Balaban J connectivity index is 1.23. The van der Waals surface area contributed by atoms with Gasteiger partial charge in [0.15, 0.2) is 11.5 Å². The van der Waals surface area contributed by atoms with Crippen LogP contribution in [-0.2, 0) is 19.6 Å². The van der Waals surface area contributed by atoms with Gasteiger partial charge in [0.25, 0.3) is 0 Å². The van der Waals surface area contributed by atoms with Crippen LogP contribution in [0.2, 0.25) is 0 Å². The maximum atomic E-state index is 11.8. The Morgan fingerprint density at radius 2 is 1.27 bits per heavy atom. The molecule has 4 N–H and O–H groups in total.